The summed E-state index contributed by atoms with van der Waals surface area (Å²) in [6.07, 6.45) is 2.37. The van der Waals surface area contributed by atoms with Gasteiger partial charge in [0.15, 0.2) is 5.96 Å². The van der Waals surface area contributed by atoms with E-state index in [1.54, 1.807) is 13.0 Å². The van der Waals surface area contributed by atoms with Crippen LogP contribution < -0.4 is 10.6 Å². The quantitative estimate of drug-likeness (QED) is 0.527. The first-order valence-corrected chi connectivity index (χ1v) is 9.32. The molecule has 1 aromatic carbocycles. The van der Waals surface area contributed by atoms with E-state index < -0.39 is 5.60 Å². The maximum atomic E-state index is 10.7. The van der Waals surface area contributed by atoms with Crippen LogP contribution in [0.5, 0.6) is 0 Å². The number of aliphatic hydroxyl groups is 1. The number of nitrogens with zero attached hydrogens (tertiary/aromatic N) is 1. The zero-order valence-electron chi connectivity index (χ0n) is 15.9. The first kappa shape index (κ1) is 18.5. The van der Waals surface area contributed by atoms with E-state index in [0.717, 1.165) is 24.8 Å². The fourth-order valence-electron chi connectivity index (χ4n) is 3.14. The van der Waals surface area contributed by atoms with Gasteiger partial charge in [-0.25, -0.2) is 4.99 Å². The van der Waals surface area contributed by atoms with Crippen LogP contribution in [-0.2, 0) is 11.0 Å². The lowest BCUT2D eigenvalue weighted by Crippen LogP contribution is -2.42. The second-order valence-electron chi connectivity index (χ2n) is 7.38. The van der Waals surface area contributed by atoms with Crippen LogP contribution >= 0.6 is 0 Å². The van der Waals surface area contributed by atoms with Crippen molar-refractivity contribution < 1.29 is 9.52 Å². The van der Waals surface area contributed by atoms with Gasteiger partial charge in [0, 0.05) is 18.5 Å². The molecule has 1 aromatic heterocycles. The van der Waals surface area contributed by atoms with E-state index in [1.165, 1.54) is 18.4 Å². The molecule has 140 valence electrons. The Morgan fingerprint density at radius 1 is 1.19 bits per heavy atom. The molecule has 1 fully saturated rings. The van der Waals surface area contributed by atoms with Crippen molar-refractivity contribution in [1.29, 1.82) is 0 Å². The van der Waals surface area contributed by atoms with Crippen LogP contribution in [-0.4, -0.2) is 30.7 Å². The molecule has 26 heavy (non-hydrogen) atoms. The third-order valence-corrected chi connectivity index (χ3v) is 4.99. The van der Waals surface area contributed by atoms with E-state index >= 15 is 0 Å². The van der Waals surface area contributed by atoms with E-state index in [2.05, 4.69) is 46.0 Å². The molecule has 1 saturated carbocycles. The van der Waals surface area contributed by atoms with Gasteiger partial charge in [0.25, 0.3) is 0 Å². The Bertz CT molecular complexity index is 746. The van der Waals surface area contributed by atoms with Crippen molar-refractivity contribution in [1.82, 2.24) is 10.6 Å². The van der Waals surface area contributed by atoms with E-state index in [0.29, 0.717) is 5.76 Å². The molecule has 1 atom stereocenters. The number of guanidine groups is 1. The summed E-state index contributed by atoms with van der Waals surface area (Å²) in [4.78, 5) is 4.58. The van der Waals surface area contributed by atoms with Crippen molar-refractivity contribution in [3.05, 3.63) is 59.5 Å². The summed E-state index contributed by atoms with van der Waals surface area (Å²) in [5.41, 5.74) is 0.451. The summed E-state index contributed by atoms with van der Waals surface area (Å²) in [6.45, 7) is 7.47. The molecule has 3 rings (SSSR count). The average molecular weight is 355 g/mol. The predicted octanol–water partition coefficient (Wildman–Crippen LogP) is 3.08. The number of furan rings is 1. The first-order valence-electron chi connectivity index (χ1n) is 9.32. The fraction of sp³-hybridized carbons (Fsp3) is 0.476. The van der Waals surface area contributed by atoms with Gasteiger partial charge >= 0.3 is 0 Å². The Hall–Kier alpha value is -2.27. The number of benzene rings is 1. The Morgan fingerprint density at radius 3 is 2.50 bits per heavy atom. The molecule has 1 aliphatic rings. The lowest BCUT2D eigenvalue weighted by Gasteiger charge is -2.21. The van der Waals surface area contributed by atoms with Crippen molar-refractivity contribution in [3.8, 4) is 0 Å². The summed E-state index contributed by atoms with van der Waals surface area (Å²) in [7, 11) is 0. The van der Waals surface area contributed by atoms with Crippen LogP contribution in [0.2, 0.25) is 0 Å². The number of rotatable bonds is 7. The molecule has 0 aliphatic heterocycles. The number of nitrogens with one attached hydrogen (secondary N) is 2. The van der Waals surface area contributed by atoms with Crippen molar-refractivity contribution >= 4 is 5.96 Å². The molecule has 1 aliphatic carbocycles. The minimum absolute atomic E-state index is 0.206. The lowest BCUT2D eigenvalue weighted by atomic mass is 9.96. The summed E-state index contributed by atoms with van der Waals surface area (Å²) in [5, 5.41) is 17.4. The topological polar surface area (TPSA) is 69.8 Å². The number of aliphatic imine (C=N–C) groups is 1. The maximum Gasteiger partial charge on any atom is 0.191 e. The Kier molecular flexibility index (Phi) is 5.37. The maximum absolute atomic E-state index is 10.7. The van der Waals surface area contributed by atoms with Crippen LogP contribution in [0.25, 0.3) is 0 Å². The Morgan fingerprint density at radius 2 is 1.92 bits per heavy atom. The van der Waals surface area contributed by atoms with Crippen molar-refractivity contribution in [3.63, 3.8) is 0 Å². The molecule has 2 aromatic rings. The van der Waals surface area contributed by atoms with Gasteiger partial charge in [-0.15, -0.1) is 0 Å². The molecule has 5 heteroatoms. The van der Waals surface area contributed by atoms with Gasteiger partial charge in [-0.2, -0.15) is 0 Å². The van der Waals surface area contributed by atoms with E-state index in [-0.39, 0.29) is 12.0 Å². The molecule has 0 bridgehead atoms. The van der Waals surface area contributed by atoms with Gasteiger partial charge < -0.3 is 20.2 Å². The number of aryl methyl sites for hydroxylation is 1. The summed E-state index contributed by atoms with van der Waals surface area (Å²) >= 11 is 0. The van der Waals surface area contributed by atoms with E-state index in [1.807, 2.05) is 19.9 Å². The van der Waals surface area contributed by atoms with Crippen molar-refractivity contribution in [2.45, 2.75) is 44.6 Å². The van der Waals surface area contributed by atoms with Crippen LogP contribution in [0.4, 0.5) is 0 Å². The zero-order valence-corrected chi connectivity index (χ0v) is 15.9. The number of hydrogen-bond donors (Lipinski definition) is 3. The second kappa shape index (κ2) is 7.54. The molecule has 3 N–H and O–H groups in total. The van der Waals surface area contributed by atoms with Crippen LogP contribution in [0.15, 0.2) is 51.9 Å². The van der Waals surface area contributed by atoms with Gasteiger partial charge in [-0.05, 0) is 51.3 Å². The largest absolute Gasteiger partial charge is 0.463 e. The second-order valence-corrected chi connectivity index (χ2v) is 7.38. The molecular formula is C21H29N3O2. The molecule has 0 amide bonds. The third kappa shape index (κ3) is 4.28. The highest BCUT2D eigenvalue weighted by Gasteiger charge is 2.44. The van der Waals surface area contributed by atoms with Gasteiger partial charge in [0.1, 0.15) is 17.1 Å². The van der Waals surface area contributed by atoms with Crippen LogP contribution in [0.3, 0.4) is 0 Å². The minimum atomic E-state index is -1.13. The number of hydrogen-bond acceptors (Lipinski definition) is 3. The standard InChI is InChI=1S/C21H29N3O2/c1-4-22-19(23-14-20(3,25)18-11-10-16(2)26-18)24-15-21(12-13-21)17-8-6-5-7-9-17/h5-11,25H,4,12-15H2,1-3H3,(H2,22,23,24). The van der Waals surface area contributed by atoms with E-state index in [4.69, 9.17) is 4.42 Å². The third-order valence-electron chi connectivity index (χ3n) is 4.99. The highest BCUT2D eigenvalue weighted by Crippen LogP contribution is 2.47. The smallest absolute Gasteiger partial charge is 0.191 e. The van der Waals surface area contributed by atoms with Gasteiger partial charge in [-0.1, -0.05) is 30.3 Å². The van der Waals surface area contributed by atoms with E-state index in [9.17, 15) is 5.11 Å². The molecule has 0 spiro atoms. The monoisotopic (exact) mass is 355 g/mol. The lowest BCUT2D eigenvalue weighted by molar-refractivity contribution is 0.0428. The van der Waals surface area contributed by atoms with Crippen molar-refractivity contribution in [2.75, 3.05) is 19.6 Å². The Balaban J connectivity index is 1.64. The average Bonchev–Trinajstić information content (AvgIpc) is 3.30. The summed E-state index contributed by atoms with van der Waals surface area (Å²) in [6, 6.07) is 14.3. The minimum Gasteiger partial charge on any atom is -0.463 e. The molecule has 1 unspecified atom stereocenters. The SMILES string of the molecule is CCNC(=NCC(C)(O)c1ccc(C)o1)NCC1(c2ccccc2)CC1. The van der Waals surface area contributed by atoms with Crippen molar-refractivity contribution in [2.24, 2.45) is 4.99 Å². The molecule has 0 radical (unpaired) electrons. The zero-order chi connectivity index (χ0) is 18.6. The van der Waals surface area contributed by atoms with Crippen LogP contribution in [0.1, 0.15) is 43.8 Å². The molecule has 1 heterocycles. The molecular weight excluding hydrogens is 326 g/mol. The van der Waals surface area contributed by atoms with Gasteiger partial charge in [-0.3, -0.25) is 0 Å². The fourth-order valence-corrected chi connectivity index (χ4v) is 3.14. The molecule has 0 saturated heterocycles. The highest BCUT2D eigenvalue weighted by atomic mass is 16.4. The molecule has 5 nitrogen and oxygen atoms in total. The summed E-state index contributed by atoms with van der Waals surface area (Å²) < 4.78 is 5.56. The Labute approximate surface area is 155 Å². The summed E-state index contributed by atoms with van der Waals surface area (Å²) in [5.74, 6) is 2.05. The van der Waals surface area contributed by atoms with Gasteiger partial charge in [0.05, 0.1) is 6.54 Å². The van der Waals surface area contributed by atoms with Gasteiger partial charge in [0.2, 0.25) is 0 Å². The highest BCUT2D eigenvalue weighted by molar-refractivity contribution is 5.80. The predicted molar refractivity (Wildman–Crippen MR) is 104 cm³/mol. The first-order chi connectivity index (χ1) is 12.5. The van der Waals surface area contributed by atoms with Crippen LogP contribution in [0, 0.1) is 6.92 Å². The normalized spacial score (nSPS) is 18.2.